The van der Waals surface area contributed by atoms with Crippen LogP contribution in [-0.4, -0.2) is 17.9 Å². The summed E-state index contributed by atoms with van der Waals surface area (Å²) in [7, 11) is 0. The number of amides is 2. The molecule has 2 unspecified atom stereocenters. The number of nitrogens with two attached hydrogens (primary N) is 1. The van der Waals surface area contributed by atoms with E-state index in [1.54, 1.807) is 18.2 Å². The fourth-order valence-electron chi connectivity index (χ4n) is 2.39. The maximum absolute atomic E-state index is 12.1. The van der Waals surface area contributed by atoms with Gasteiger partial charge >= 0.3 is 0 Å². The topological polar surface area (TPSA) is 84.2 Å². The Morgan fingerprint density at radius 2 is 2.05 bits per heavy atom. The van der Waals surface area contributed by atoms with E-state index >= 15 is 0 Å². The molecule has 108 valence electrons. The van der Waals surface area contributed by atoms with Gasteiger partial charge in [0.25, 0.3) is 0 Å². The van der Waals surface area contributed by atoms with Crippen LogP contribution in [0.25, 0.3) is 0 Å². The minimum absolute atomic E-state index is 0.0644. The van der Waals surface area contributed by atoms with Crippen LogP contribution in [0.1, 0.15) is 26.2 Å². The molecule has 1 aliphatic carbocycles. The van der Waals surface area contributed by atoms with Crippen LogP contribution < -0.4 is 16.4 Å². The standard InChI is InChI=1S/C14H18ClN3O2/c1-8(19)17-11-4-5-12(15)13(7-11)18-14(20)9-2-3-10(16)6-9/h4-5,7,9-10H,2-3,6,16H2,1H3,(H,17,19)(H,18,20). The summed E-state index contributed by atoms with van der Waals surface area (Å²) in [5.74, 6) is -0.309. The highest BCUT2D eigenvalue weighted by Crippen LogP contribution is 2.29. The molecule has 0 bridgehead atoms. The lowest BCUT2D eigenvalue weighted by Crippen LogP contribution is -2.23. The number of rotatable bonds is 3. The molecule has 0 spiro atoms. The van der Waals surface area contributed by atoms with Crippen molar-refractivity contribution in [1.82, 2.24) is 0 Å². The molecule has 1 aromatic carbocycles. The van der Waals surface area contributed by atoms with Gasteiger partial charge in [0.05, 0.1) is 10.7 Å². The third-order valence-corrected chi connectivity index (χ3v) is 3.72. The largest absolute Gasteiger partial charge is 0.328 e. The second-order valence-electron chi connectivity index (χ2n) is 5.14. The lowest BCUT2D eigenvalue weighted by atomic mass is 10.1. The van der Waals surface area contributed by atoms with Gasteiger partial charge in [0, 0.05) is 24.6 Å². The van der Waals surface area contributed by atoms with Gasteiger partial charge in [0.2, 0.25) is 11.8 Å². The molecule has 0 radical (unpaired) electrons. The average Bonchev–Trinajstić information content (AvgIpc) is 2.79. The van der Waals surface area contributed by atoms with Crippen molar-refractivity contribution < 1.29 is 9.59 Å². The molecule has 2 rings (SSSR count). The quantitative estimate of drug-likeness (QED) is 0.800. The van der Waals surface area contributed by atoms with Gasteiger partial charge in [-0.15, -0.1) is 0 Å². The molecule has 1 aromatic rings. The van der Waals surface area contributed by atoms with Crippen LogP contribution in [0.2, 0.25) is 5.02 Å². The summed E-state index contributed by atoms with van der Waals surface area (Å²) in [6.45, 7) is 1.42. The number of carbonyl (C=O) groups excluding carboxylic acids is 2. The predicted molar refractivity (Wildman–Crippen MR) is 79.7 cm³/mol. The molecule has 0 heterocycles. The van der Waals surface area contributed by atoms with Crippen molar-refractivity contribution in [3.05, 3.63) is 23.2 Å². The first-order chi connectivity index (χ1) is 9.45. The second-order valence-corrected chi connectivity index (χ2v) is 5.54. The van der Waals surface area contributed by atoms with Crippen LogP contribution >= 0.6 is 11.6 Å². The molecular weight excluding hydrogens is 278 g/mol. The van der Waals surface area contributed by atoms with Gasteiger partial charge in [-0.05, 0) is 37.5 Å². The van der Waals surface area contributed by atoms with Gasteiger partial charge in [-0.3, -0.25) is 9.59 Å². The summed E-state index contributed by atoms with van der Waals surface area (Å²) in [6, 6.07) is 5.08. The van der Waals surface area contributed by atoms with E-state index < -0.39 is 0 Å². The lowest BCUT2D eigenvalue weighted by molar-refractivity contribution is -0.119. The van der Waals surface area contributed by atoms with E-state index in [4.69, 9.17) is 17.3 Å². The number of benzene rings is 1. The molecule has 1 aliphatic rings. The summed E-state index contributed by atoms with van der Waals surface area (Å²) >= 11 is 6.06. The maximum Gasteiger partial charge on any atom is 0.227 e. The average molecular weight is 296 g/mol. The van der Waals surface area contributed by atoms with Crippen molar-refractivity contribution in [2.24, 2.45) is 11.7 Å². The number of hydrogen-bond donors (Lipinski definition) is 3. The van der Waals surface area contributed by atoms with Crippen LogP contribution in [0.4, 0.5) is 11.4 Å². The lowest BCUT2D eigenvalue weighted by Gasteiger charge is -2.13. The van der Waals surface area contributed by atoms with E-state index in [1.165, 1.54) is 6.92 Å². The van der Waals surface area contributed by atoms with Crippen molar-refractivity contribution in [1.29, 1.82) is 0 Å². The Hall–Kier alpha value is -1.59. The number of anilines is 2. The Morgan fingerprint density at radius 1 is 1.30 bits per heavy atom. The van der Waals surface area contributed by atoms with Gasteiger partial charge in [-0.1, -0.05) is 11.6 Å². The van der Waals surface area contributed by atoms with Crippen LogP contribution in [0.5, 0.6) is 0 Å². The van der Waals surface area contributed by atoms with Crippen LogP contribution in [0.15, 0.2) is 18.2 Å². The third-order valence-electron chi connectivity index (χ3n) is 3.39. The van der Waals surface area contributed by atoms with Gasteiger partial charge < -0.3 is 16.4 Å². The Kier molecular flexibility index (Phi) is 4.62. The van der Waals surface area contributed by atoms with Gasteiger partial charge in [0.15, 0.2) is 0 Å². The van der Waals surface area contributed by atoms with Gasteiger partial charge in [0.1, 0.15) is 0 Å². The first kappa shape index (κ1) is 14.8. The highest BCUT2D eigenvalue weighted by Gasteiger charge is 2.28. The Morgan fingerprint density at radius 3 is 2.65 bits per heavy atom. The summed E-state index contributed by atoms with van der Waals surface area (Å²) in [4.78, 5) is 23.2. The zero-order valence-electron chi connectivity index (χ0n) is 11.3. The van der Waals surface area contributed by atoms with Gasteiger partial charge in [-0.2, -0.15) is 0 Å². The SMILES string of the molecule is CC(=O)Nc1ccc(Cl)c(NC(=O)C2CCC(N)C2)c1. The fourth-order valence-corrected chi connectivity index (χ4v) is 2.56. The molecule has 0 aliphatic heterocycles. The molecule has 2 atom stereocenters. The van der Waals surface area contributed by atoms with Crippen molar-refractivity contribution in [3.8, 4) is 0 Å². The van der Waals surface area contributed by atoms with Crippen molar-refractivity contribution in [3.63, 3.8) is 0 Å². The minimum atomic E-state index is -0.175. The molecule has 5 nitrogen and oxygen atoms in total. The summed E-state index contributed by atoms with van der Waals surface area (Å²) in [5, 5.41) is 5.90. The minimum Gasteiger partial charge on any atom is -0.328 e. The molecule has 2 amide bonds. The van der Waals surface area contributed by atoms with E-state index in [-0.39, 0.29) is 23.8 Å². The van der Waals surface area contributed by atoms with E-state index in [1.807, 2.05) is 0 Å². The summed E-state index contributed by atoms with van der Waals surface area (Å²) in [6.07, 6.45) is 2.38. The van der Waals surface area contributed by atoms with E-state index in [9.17, 15) is 9.59 Å². The van der Waals surface area contributed by atoms with Crippen LogP contribution in [-0.2, 0) is 9.59 Å². The number of halogens is 1. The zero-order chi connectivity index (χ0) is 14.7. The first-order valence-electron chi connectivity index (χ1n) is 6.59. The third kappa shape index (κ3) is 3.71. The Bertz CT molecular complexity index is 533. The second kappa shape index (κ2) is 6.24. The smallest absolute Gasteiger partial charge is 0.227 e. The number of nitrogens with one attached hydrogen (secondary N) is 2. The van der Waals surface area contributed by atoms with E-state index in [2.05, 4.69) is 10.6 Å². The highest BCUT2D eigenvalue weighted by molar-refractivity contribution is 6.33. The molecule has 0 aromatic heterocycles. The molecule has 20 heavy (non-hydrogen) atoms. The van der Waals surface area contributed by atoms with Crippen molar-refractivity contribution in [2.75, 3.05) is 10.6 Å². The highest BCUT2D eigenvalue weighted by atomic mass is 35.5. The zero-order valence-corrected chi connectivity index (χ0v) is 12.0. The summed E-state index contributed by atoms with van der Waals surface area (Å²) < 4.78 is 0. The van der Waals surface area contributed by atoms with Crippen LogP contribution in [0.3, 0.4) is 0 Å². The van der Waals surface area contributed by atoms with E-state index in [0.29, 0.717) is 22.8 Å². The normalized spacial score (nSPS) is 21.6. The molecule has 1 saturated carbocycles. The Balaban J connectivity index is 2.08. The maximum atomic E-state index is 12.1. The predicted octanol–water partition coefficient (Wildman–Crippen LogP) is 2.36. The molecule has 4 N–H and O–H groups in total. The number of carbonyl (C=O) groups is 2. The van der Waals surface area contributed by atoms with Gasteiger partial charge in [-0.25, -0.2) is 0 Å². The molecule has 6 heteroatoms. The molecular formula is C14H18ClN3O2. The molecule has 1 fully saturated rings. The fraction of sp³-hybridized carbons (Fsp3) is 0.429. The summed E-state index contributed by atoms with van der Waals surface area (Å²) in [5.41, 5.74) is 6.91. The monoisotopic (exact) mass is 295 g/mol. The molecule has 0 saturated heterocycles. The van der Waals surface area contributed by atoms with Crippen LogP contribution in [0, 0.1) is 5.92 Å². The first-order valence-corrected chi connectivity index (χ1v) is 6.97. The number of hydrogen-bond acceptors (Lipinski definition) is 3. The van der Waals surface area contributed by atoms with Crippen molar-refractivity contribution >= 4 is 34.8 Å². The van der Waals surface area contributed by atoms with Crippen molar-refractivity contribution in [2.45, 2.75) is 32.2 Å². The van der Waals surface area contributed by atoms with E-state index in [0.717, 1.165) is 12.8 Å². The Labute approximate surface area is 122 Å².